The van der Waals surface area contributed by atoms with Crippen LogP contribution in [0, 0.1) is 0 Å². The Bertz CT molecular complexity index is 771. The maximum absolute atomic E-state index is 12.2. The lowest BCUT2D eigenvalue weighted by atomic mass is 9.83. The first-order chi connectivity index (χ1) is 12.3. The second kappa shape index (κ2) is 7.18. The lowest BCUT2D eigenvalue weighted by Gasteiger charge is -2.25. The number of hydrogen-bond donors (Lipinski definition) is 1. The van der Waals surface area contributed by atoms with Crippen molar-refractivity contribution < 1.29 is 14.3 Å². The molecule has 4 nitrogen and oxygen atoms in total. The van der Waals surface area contributed by atoms with E-state index in [9.17, 15) is 4.79 Å². The zero-order valence-corrected chi connectivity index (χ0v) is 14.3. The van der Waals surface area contributed by atoms with Crippen LogP contribution in [0.15, 0.2) is 42.5 Å². The van der Waals surface area contributed by atoms with Crippen molar-refractivity contribution in [3.63, 3.8) is 0 Å². The second-order valence-electron chi connectivity index (χ2n) is 6.78. The molecule has 130 valence electrons. The molecule has 0 bridgehead atoms. The van der Waals surface area contributed by atoms with E-state index in [1.807, 2.05) is 18.2 Å². The number of carbonyl (C=O) groups is 1. The van der Waals surface area contributed by atoms with Gasteiger partial charge in [-0.1, -0.05) is 30.3 Å². The van der Waals surface area contributed by atoms with Crippen LogP contribution in [-0.4, -0.2) is 19.2 Å². The van der Waals surface area contributed by atoms with E-state index in [0.29, 0.717) is 18.8 Å². The molecule has 4 heteroatoms. The maximum Gasteiger partial charge on any atom is 0.231 e. The van der Waals surface area contributed by atoms with Gasteiger partial charge in [0.25, 0.3) is 0 Å². The van der Waals surface area contributed by atoms with Crippen LogP contribution in [0.3, 0.4) is 0 Å². The summed E-state index contributed by atoms with van der Waals surface area (Å²) in [5.41, 5.74) is 3.94. The summed E-state index contributed by atoms with van der Waals surface area (Å²) < 4.78 is 10.7. The van der Waals surface area contributed by atoms with Crippen molar-refractivity contribution in [1.82, 2.24) is 5.32 Å². The van der Waals surface area contributed by atoms with Gasteiger partial charge in [0.2, 0.25) is 12.7 Å². The monoisotopic (exact) mass is 337 g/mol. The average molecular weight is 337 g/mol. The van der Waals surface area contributed by atoms with E-state index in [2.05, 4.69) is 29.6 Å². The smallest absolute Gasteiger partial charge is 0.231 e. The van der Waals surface area contributed by atoms with Gasteiger partial charge in [-0.05, 0) is 54.5 Å². The Hall–Kier alpha value is -2.49. The third-order valence-corrected chi connectivity index (χ3v) is 5.12. The van der Waals surface area contributed by atoms with Crippen LogP contribution in [0.25, 0.3) is 0 Å². The third-order valence-electron chi connectivity index (χ3n) is 5.12. The molecule has 0 spiro atoms. The molecule has 1 aliphatic heterocycles. The zero-order chi connectivity index (χ0) is 17.1. The molecule has 0 saturated carbocycles. The SMILES string of the molecule is O=C(CCc1ccc2c(c1)OCO2)NC[C@@H]1CCCc2ccccc21. The van der Waals surface area contributed by atoms with Gasteiger partial charge in [0.15, 0.2) is 11.5 Å². The van der Waals surface area contributed by atoms with Crippen molar-refractivity contribution in [3.05, 3.63) is 59.2 Å². The molecule has 2 aromatic carbocycles. The van der Waals surface area contributed by atoms with Crippen LogP contribution in [0.5, 0.6) is 11.5 Å². The highest BCUT2D eigenvalue weighted by atomic mass is 16.7. The Kier molecular flexibility index (Phi) is 4.59. The van der Waals surface area contributed by atoms with Crippen molar-refractivity contribution in [2.75, 3.05) is 13.3 Å². The van der Waals surface area contributed by atoms with Gasteiger partial charge in [-0.2, -0.15) is 0 Å². The molecule has 0 saturated heterocycles. The number of aryl methyl sites for hydroxylation is 2. The summed E-state index contributed by atoms with van der Waals surface area (Å²) in [6, 6.07) is 14.5. The Labute approximate surface area is 148 Å². The minimum absolute atomic E-state index is 0.112. The summed E-state index contributed by atoms with van der Waals surface area (Å²) >= 11 is 0. The second-order valence-corrected chi connectivity index (χ2v) is 6.78. The average Bonchev–Trinajstić information content (AvgIpc) is 3.12. The molecular formula is C21H23NO3. The van der Waals surface area contributed by atoms with Gasteiger partial charge in [-0.25, -0.2) is 0 Å². The topological polar surface area (TPSA) is 47.6 Å². The summed E-state index contributed by atoms with van der Waals surface area (Å²) in [5.74, 6) is 2.11. The summed E-state index contributed by atoms with van der Waals surface area (Å²) in [7, 11) is 0. The summed E-state index contributed by atoms with van der Waals surface area (Å²) in [4.78, 5) is 12.2. The fraction of sp³-hybridized carbons (Fsp3) is 0.381. The predicted molar refractivity (Wildman–Crippen MR) is 96.0 cm³/mol. The molecule has 0 fully saturated rings. The first-order valence-corrected chi connectivity index (χ1v) is 9.02. The normalized spacial score (nSPS) is 17.8. The number of amides is 1. The van der Waals surface area contributed by atoms with Crippen molar-refractivity contribution >= 4 is 5.91 Å². The molecule has 1 atom stereocenters. The molecule has 1 N–H and O–H groups in total. The number of nitrogens with one attached hydrogen (secondary N) is 1. The molecule has 1 aliphatic carbocycles. The number of fused-ring (bicyclic) bond motifs is 2. The van der Waals surface area contributed by atoms with E-state index in [4.69, 9.17) is 9.47 Å². The number of hydrogen-bond acceptors (Lipinski definition) is 3. The fourth-order valence-electron chi connectivity index (χ4n) is 3.75. The summed E-state index contributed by atoms with van der Waals surface area (Å²) in [5, 5.41) is 3.12. The van der Waals surface area contributed by atoms with Crippen LogP contribution in [0.2, 0.25) is 0 Å². The van der Waals surface area contributed by atoms with E-state index < -0.39 is 0 Å². The molecule has 4 rings (SSSR count). The molecule has 0 aromatic heterocycles. The minimum Gasteiger partial charge on any atom is -0.454 e. The largest absolute Gasteiger partial charge is 0.454 e. The van der Waals surface area contributed by atoms with Crippen LogP contribution in [0.1, 0.15) is 41.9 Å². The molecule has 0 radical (unpaired) electrons. The van der Waals surface area contributed by atoms with Gasteiger partial charge < -0.3 is 14.8 Å². The highest BCUT2D eigenvalue weighted by molar-refractivity contribution is 5.76. The van der Waals surface area contributed by atoms with E-state index in [1.165, 1.54) is 17.5 Å². The third kappa shape index (κ3) is 3.63. The van der Waals surface area contributed by atoms with E-state index in [-0.39, 0.29) is 12.7 Å². The zero-order valence-electron chi connectivity index (χ0n) is 14.3. The van der Waals surface area contributed by atoms with Gasteiger partial charge >= 0.3 is 0 Å². The molecule has 0 unspecified atom stereocenters. The van der Waals surface area contributed by atoms with E-state index >= 15 is 0 Å². The van der Waals surface area contributed by atoms with Gasteiger partial charge in [-0.15, -0.1) is 0 Å². The van der Waals surface area contributed by atoms with Gasteiger partial charge in [0, 0.05) is 18.9 Å². The highest BCUT2D eigenvalue weighted by Gasteiger charge is 2.20. The first-order valence-electron chi connectivity index (χ1n) is 9.02. The predicted octanol–water partition coefficient (Wildman–Crippen LogP) is 3.58. The molecule has 2 aromatic rings. The van der Waals surface area contributed by atoms with Crippen LogP contribution in [-0.2, 0) is 17.6 Å². The Morgan fingerprint density at radius 3 is 2.96 bits per heavy atom. The van der Waals surface area contributed by atoms with Gasteiger partial charge in [0.05, 0.1) is 0 Å². The lowest BCUT2D eigenvalue weighted by molar-refractivity contribution is -0.121. The first kappa shape index (κ1) is 16.0. The molecule has 1 amide bonds. The molecule has 2 aliphatic rings. The van der Waals surface area contributed by atoms with Gasteiger partial charge in [0.1, 0.15) is 0 Å². The van der Waals surface area contributed by atoms with Crippen LogP contribution >= 0.6 is 0 Å². The number of carbonyl (C=O) groups excluding carboxylic acids is 1. The highest BCUT2D eigenvalue weighted by Crippen LogP contribution is 2.33. The van der Waals surface area contributed by atoms with Crippen molar-refractivity contribution in [2.45, 2.75) is 38.0 Å². The quantitative estimate of drug-likeness (QED) is 0.907. The number of rotatable bonds is 5. The van der Waals surface area contributed by atoms with Crippen molar-refractivity contribution in [2.24, 2.45) is 0 Å². The van der Waals surface area contributed by atoms with Crippen molar-refractivity contribution in [1.29, 1.82) is 0 Å². The van der Waals surface area contributed by atoms with Crippen LogP contribution < -0.4 is 14.8 Å². The fourth-order valence-corrected chi connectivity index (χ4v) is 3.75. The molecular weight excluding hydrogens is 314 g/mol. The van der Waals surface area contributed by atoms with Gasteiger partial charge in [-0.3, -0.25) is 4.79 Å². The van der Waals surface area contributed by atoms with E-state index in [1.54, 1.807) is 0 Å². The minimum atomic E-state index is 0.112. The van der Waals surface area contributed by atoms with Crippen LogP contribution in [0.4, 0.5) is 0 Å². The summed E-state index contributed by atoms with van der Waals surface area (Å²) in [6.45, 7) is 1.01. The Balaban J connectivity index is 1.29. The lowest BCUT2D eigenvalue weighted by Crippen LogP contribution is -2.30. The Morgan fingerprint density at radius 2 is 2.00 bits per heavy atom. The van der Waals surface area contributed by atoms with E-state index in [0.717, 1.165) is 36.4 Å². The molecule has 1 heterocycles. The molecule has 25 heavy (non-hydrogen) atoms. The summed E-state index contributed by atoms with van der Waals surface area (Å²) in [6.07, 6.45) is 4.72. The standard InChI is InChI=1S/C21H23NO3/c23-21(11-9-15-8-10-19-20(12-15)25-14-24-19)22-13-17-6-3-5-16-4-1-2-7-18(16)17/h1-2,4,7-8,10,12,17H,3,5-6,9,11,13-14H2,(H,22,23)/t17-/m0/s1. The number of benzene rings is 2. The van der Waals surface area contributed by atoms with Crippen molar-refractivity contribution in [3.8, 4) is 11.5 Å². The maximum atomic E-state index is 12.2. The Morgan fingerprint density at radius 1 is 1.12 bits per heavy atom. The number of ether oxygens (including phenoxy) is 2.